The summed E-state index contributed by atoms with van der Waals surface area (Å²) in [6.45, 7) is 5.38. The van der Waals surface area contributed by atoms with Crippen LogP contribution in [0.25, 0.3) is 11.0 Å². The van der Waals surface area contributed by atoms with Crippen LogP contribution in [0.15, 0.2) is 45.8 Å². The molecule has 0 unspecified atom stereocenters. The van der Waals surface area contributed by atoms with Crippen molar-refractivity contribution >= 4 is 32.6 Å². The average Bonchev–Trinajstić information content (AvgIpc) is 3.12. The van der Waals surface area contributed by atoms with Crippen molar-refractivity contribution in [2.24, 2.45) is 0 Å². The van der Waals surface area contributed by atoms with Crippen LogP contribution in [0.1, 0.15) is 16.8 Å². The van der Waals surface area contributed by atoms with Crippen LogP contribution >= 0.6 is 0 Å². The Balaban J connectivity index is 1.45. The second kappa shape index (κ2) is 8.17. The van der Waals surface area contributed by atoms with E-state index in [0.29, 0.717) is 43.3 Å². The molecule has 4 rings (SSSR count). The maximum absolute atomic E-state index is 12.7. The number of morpholine rings is 1. The van der Waals surface area contributed by atoms with E-state index in [2.05, 4.69) is 10.5 Å². The first-order valence-corrected chi connectivity index (χ1v) is 11.1. The molecule has 1 N–H and O–H groups in total. The van der Waals surface area contributed by atoms with Gasteiger partial charge in [0.2, 0.25) is 15.9 Å². The van der Waals surface area contributed by atoms with Gasteiger partial charge in [-0.25, -0.2) is 8.42 Å². The van der Waals surface area contributed by atoms with Crippen LogP contribution in [0.2, 0.25) is 0 Å². The molecule has 0 spiro atoms. The van der Waals surface area contributed by atoms with Crippen molar-refractivity contribution in [2.75, 3.05) is 31.6 Å². The first kappa shape index (κ1) is 20.5. The number of carbonyl (C=O) groups excluding carboxylic acids is 1. The van der Waals surface area contributed by atoms with Gasteiger partial charge in [-0.2, -0.15) is 4.31 Å². The Morgan fingerprint density at radius 3 is 2.53 bits per heavy atom. The lowest BCUT2D eigenvalue weighted by Gasteiger charge is -2.26. The smallest absolute Gasteiger partial charge is 0.243 e. The summed E-state index contributed by atoms with van der Waals surface area (Å²) in [4.78, 5) is 12.7. The Labute approximate surface area is 174 Å². The number of hydrogen-bond acceptors (Lipinski definition) is 6. The fourth-order valence-electron chi connectivity index (χ4n) is 3.57. The number of aryl methyl sites for hydroxylation is 2. The Morgan fingerprint density at radius 2 is 1.83 bits per heavy atom. The van der Waals surface area contributed by atoms with Gasteiger partial charge in [0.05, 0.1) is 24.5 Å². The molecular weight excluding hydrogens is 406 g/mol. The highest BCUT2D eigenvalue weighted by Gasteiger charge is 2.26. The van der Waals surface area contributed by atoms with Crippen molar-refractivity contribution in [1.82, 2.24) is 9.46 Å². The predicted octanol–water partition coefficient (Wildman–Crippen LogP) is 2.65. The summed E-state index contributed by atoms with van der Waals surface area (Å²) in [6.07, 6.45) is 0.0592. The summed E-state index contributed by atoms with van der Waals surface area (Å²) in [5.41, 5.74) is 3.81. The van der Waals surface area contributed by atoms with E-state index in [0.717, 1.165) is 16.5 Å². The molecule has 8 nitrogen and oxygen atoms in total. The third kappa shape index (κ3) is 4.09. The van der Waals surface area contributed by atoms with E-state index in [4.69, 9.17) is 9.26 Å². The fourth-order valence-corrected chi connectivity index (χ4v) is 4.98. The number of fused-ring (bicyclic) bond motifs is 1. The Morgan fingerprint density at radius 1 is 1.13 bits per heavy atom. The highest BCUT2D eigenvalue weighted by atomic mass is 32.2. The fraction of sp³-hybridized carbons (Fsp3) is 0.333. The number of amides is 1. The van der Waals surface area contributed by atoms with Gasteiger partial charge in [0, 0.05) is 24.2 Å². The van der Waals surface area contributed by atoms with E-state index in [1.807, 2.05) is 26.0 Å². The van der Waals surface area contributed by atoms with Gasteiger partial charge in [-0.1, -0.05) is 11.2 Å². The molecule has 0 bridgehead atoms. The molecule has 3 aromatic rings. The van der Waals surface area contributed by atoms with Gasteiger partial charge < -0.3 is 14.6 Å². The van der Waals surface area contributed by atoms with Gasteiger partial charge in [0.25, 0.3) is 0 Å². The second-order valence-corrected chi connectivity index (χ2v) is 9.29. The van der Waals surface area contributed by atoms with Crippen LogP contribution in [-0.4, -0.2) is 50.1 Å². The molecule has 1 amide bonds. The van der Waals surface area contributed by atoms with Crippen LogP contribution in [-0.2, 0) is 26.0 Å². The third-order valence-electron chi connectivity index (χ3n) is 5.05. The third-order valence-corrected chi connectivity index (χ3v) is 6.96. The first-order chi connectivity index (χ1) is 14.3. The van der Waals surface area contributed by atoms with Crippen LogP contribution in [0.5, 0.6) is 0 Å². The minimum atomic E-state index is -3.56. The van der Waals surface area contributed by atoms with E-state index in [1.54, 1.807) is 12.1 Å². The topological polar surface area (TPSA) is 102 Å². The largest absolute Gasteiger partial charge is 0.379 e. The van der Waals surface area contributed by atoms with Gasteiger partial charge in [-0.3, -0.25) is 4.79 Å². The number of carbonyl (C=O) groups is 1. The maximum atomic E-state index is 12.7. The number of aromatic nitrogens is 1. The Bertz CT molecular complexity index is 1180. The molecule has 158 valence electrons. The van der Waals surface area contributed by atoms with E-state index in [-0.39, 0.29) is 17.2 Å². The number of anilines is 1. The first-order valence-electron chi connectivity index (χ1n) is 9.68. The van der Waals surface area contributed by atoms with Crippen molar-refractivity contribution < 1.29 is 22.5 Å². The highest BCUT2D eigenvalue weighted by molar-refractivity contribution is 7.89. The van der Waals surface area contributed by atoms with E-state index < -0.39 is 10.0 Å². The summed E-state index contributed by atoms with van der Waals surface area (Å²) in [5, 5.41) is 7.66. The summed E-state index contributed by atoms with van der Waals surface area (Å²) in [7, 11) is -3.56. The number of nitrogens with zero attached hydrogens (tertiary/aromatic N) is 2. The van der Waals surface area contributed by atoms with Crippen molar-refractivity contribution in [1.29, 1.82) is 0 Å². The summed E-state index contributed by atoms with van der Waals surface area (Å²) in [6, 6.07) is 10.1. The Kier molecular flexibility index (Phi) is 5.59. The zero-order valence-corrected chi connectivity index (χ0v) is 17.7. The highest BCUT2D eigenvalue weighted by Crippen LogP contribution is 2.25. The molecule has 1 aliphatic heterocycles. The molecule has 1 aromatic heterocycles. The predicted molar refractivity (Wildman–Crippen MR) is 112 cm³/mol. The number of sulfonamides is 1. The molecule has 1 saturated heterocycles. The number of rotatable bonds is 5. The average molecular weight is 429 g/mol. The second-order valence-electron chi connectivity index (χ2n) is 7.35. The lowest BCUT2D eigenvalue weighted by atomic mass is 10.1. The van der Waals surface area contributed by atoms with Crippen molar-refractivity contribution in [2.45, 2.75) is 25.2 Å². The quantitative estimate of drug-likeness (QED) is 0.669. The molecule has 30 heavy (non-hydrogen) atoms. The van der Waals surface area contributed by atoms with E-state index in [1.165, 1.54) is 16.4 Å². The van der Waals surface area contributed by atoms with Gasteiger partial charge in [-0.15, -0.1) is 0 Å². The normalized spacial score (nSPS) is 15.4. The number of benzene rings is 2. The van der Waals surface area contributed by atoms with E-state index in [9.17, 15) is 13.2 Å². The molecule has 0 atom stereocenters. The molecule has 0 saturated carbocycles. The van der Waals surface area contributed by atoms with E-state index >= 15 is 0 Å². The molecule has 2 heterocycles. The molecular formula is C21H23N3O5S. The standard InChI is InChI=1S/C21H23N3O5S/c1-14-11-15(2)21-18(12-14)19(23-29-21)13-20(25)22-16-3-5-17(6-4-16)30(26,27)24-7-9-28-10-8-24/h3-6,11-12H,7-10,13H2,1-2H3,(H,22,25). The molecule has 0 aliphatic carbocycles. The zero-order valence-electron chi connectivity index (χ0n) is 16.8. The van der Waals surface area contributed by atoms with Gasteiger partial charge in [-0.05, 0) is 55.3 Å². The number of hydrogen-bond donors (Lipinski definition) is 1. The van der Waals surface area contributed by atoms with Crippen molar-refractivity contribution in [3.8, 4) is 0 Å². The molecule has 1 aliphatic rings. The van der Waals surface area contributed by atoms with Crippen LogP contribution < -0.4 is 5.32 Å². The van der Waals surface area contributed by atoms with Gasteiger partial charge in [0.1, 0.15) is 5.69 Å². The number of ether oxygens (including phenoxy) is 1. The molecule has 9 heteroatoms. The summed E-state index contributed by atoms with van der Waals surface area (Å²) >= 11 is 0. The van der Waals surface area contributed by atoms with Gasteiger partial charge >= 0.3 is 0 Å². The molecule has 1 fully saturated rings. The van der Waals surface area contributed by atoms with Crippen LogP contribution in [0, 0.1) is 13.8 Å². The van der Waals surface area contributed by atoms with Crippen molar-refractivity contribution in [3.05, 3.63) is 53.2 Å². The minimum absolute atomic E-state index is 0.0592. The van der Waals surface area contributed by atoms with Gasteiger partial charge in [0.15, 0.2) is 5.58 Å². The van der Waals surface area contributed by atoms with Crippen LogP contribution in [0.4, 0.5) is 5.69 Å². The lowest BCUT2D eigenvalue weighted by Crippen LogP contribution is -2.40. The molecule has 0 radical (unpaired) electrons. The van der Waals surface area contributed by atoms with Crippen LogP contribution in [0.3, 0.4) is 0 Å². The van der Waals surface area contributed by atoms with Crippen molar-refractivity contribution in [3.63, 3.8) is 0 Å². The molecule has 2 aromatic carbocycles. The zero-order chi connectivity index (χ0) is 21.3. The summed E-state index contributed by atoms with van der Waals surface area (Å²) < 4.78 is 37.4. The SMILES string of the molecule is Cc1cc(C)c2onc(CC(=O)Nc3ccc(S(=O)(=O)N4CCOCC4)cc3)c2c1. The maximum Gasteiger partial charge on any atom is 0.243 e. The monoisotopic (exact) mass is 429 g/mol. The summed E-state index contributed by atoms with van der Waals surface area (Å²) in [5.74, 6) is -0.256. The minimum Gasteiger partial charge on any atom is -0.379 e. The Hall–Kier alpha value is -2.75. The number of nitrogens with one attached hydrogen (secondary N) is 1. The lowest BCUT2D eigenvalue weighted by molar-refractivity contribution is -0.115.